The zero-order valence-corrected chi connectivity index (χ0v) is 14.9. The van der Waals surface area contributed by atoms with Crippen LogP contribution < -0.4 is 11.2 Å². The molecule has 0 radical (unpaired) electrons. The minimum absolute atomic E-state index is 0.0439. The monoisotopic (exact) mass is 361 g/mol. The highest BCUT2D eigenvalue weighted by Gasteiger charge is 2.23. The second-order valence-corrected chi connectivity index (χ2v) is 5.91. The Morgan fingerprint density at radius 2 is 2.12 bits per heavy atom. The maximum Gasteiger partial charge on any atom is 0.332 e. The number of carbonyl (C=O) groups is 1. The molecule has 0 N–H and O–H groups in total. The molecule has 3 rings (SSSR count). The van der Waals surface area contributed by atoms with Gasteiger partial charge in [0.2, 0.25) is 0 Å². The molecule has 0 unspecified atom stereocenters. The lowest BCUT2D eigenvalue weighted by atomic mass is 10.3. The lowest BCUT2D eigenvalue weighted by molar-refractivity contribution is -0.146. The minimum Gasteiger partial charge on any atom is -0.464 e. The van der Waals surface area contributed by atoms with Crippen molar-refractivity contribution in [3.8, 4) is 0 Å². The van der Waals surface area contributed by atoms with Crippen molar-refractivity contribution in [3.05, 3.63) is 44.7 Å². The van der Waals surface area contributed by atoms with Gasteiger partial charge in [0.25, 0.3) is 5.56 Å². The molecule has 0 aliphatic carbocycles. The minimum atomic E-state index is -0.757. The van der Waals surface area contributed by atoms with Crippen molar-refractivity contribution < 1.29 is 14.1 Å². The van der Waals surface area contributed by atoms with E-state index in [0.29, 0.717) is 11.5 Å². The largest absolute Gasteiger partial charge is 0.464 e. The molecule has 3 aromatic rings. The van der Waals surface area contributed by atoms with Crippen molar-refractivity contribution >= 4 is 17.1 Å². The van der Waals surface area contributed by atoms with Crippen LogP contribution in [0.4, 0.5) is 0 Å². The van der Waals surface area contributed by atoms with E-state index >= 15 is 0 Å². The molecule has 0 aromatic carbocycles. The summed E-state index contributed by atoms with van der Waals surface area (Å²) >= 11 is 0. The Labute approximate surface area is 147 Å². The van der Waals surface area contributed by atoms with Crippen molar-refractivity contribution in [1.29, 1.82) is 0 Å². The van der Waals surface area contributed by atoms with Gasteiger partial charge in [-0.2, -0.15) is 0 Å². The third kappa shape index (κ3) is 2.83. The van der Waals surface area contributed by atoms with E-state index < -0.39 is 23.3 Å². The van der Waals surface area contributed by atoms with Gasteiger partial charge in [-0.15, -0.1) is 0 Å². The molecular formula is C16H19N5O5. The number of aryl methyl sites for hydroxylation is 2. The van der Waals surface area contributed by atoms with E-state index in [1.807, 2.05) is 0 Å². The lowest BCUT2D eigenvalue weighted by Gasteiger charge is -2.13. The highest BCUT2D eigenvalue weighted by atomic mass is 16.5. The van der Waals surface area contributed by atoms with E-state index in [4.69, 9.17) is 9.26 Å². The van der Waals surface area contributed by atoms with Crippen LogP contribution in [0.1, 0.15) is 31.3 Å². The number of ether oxygens (including phenoxy) is 1. The molecular weight excluding hydrogens is 342 g/mol. The second-order valence-electron chi connectivity index (χ2n) is 5.91. The number of hydrogen-bond donors (Lipinski definition) is 0. The standard InChI is InChI=1S/C16H19N5O5/c1-5-25-15(23)10(3)21-8-17-13-12(21)14(22)20(16(24)19(13)4)7-11-6-9(2)26-18-11/h6,8,10H,5,7H2,1-4H3/t10-/m0/s1. The van der Waals surface area contributed by atoms with Gasteiger partial charge >= 0.3 is 11.7 Å². The normalized spacial score (nSPS) is 12.5. The first-order chi connectivity index (χ1) is 12.3. The molecule has 10 nitrogen and oxygen atoms in total. The fourth-order valence-corrected chi connectivity index (χ4v) is 2.75. The maximum absolute atomic E-state index is 13.0. The van der Waals surface area contributed by atoms with Gasteiger partial charge in [-0.25, -0.2) is 14.6 Å². The molecule has 1 atom stereocenters. The molecule has 0 spiro atoms. The summed E-state index contributed by atoms with van der Waals surface area (Å²) in [6.07, 6.45) is 1.36. The van der Waals surface area contributed by atoms with E-state index in [2.05, 4.69) is 10.1 Å². The SMILES string of the molecule is CCOC(=O)[C@H](C)n1cnc2c1c(=O)n(Cc1cc(C)on1)c(=O)n2C. The molecule has 0 bridgehead atoms. The van der Waals surface area contributed by atoms with E-state index in [1.165, 1.54) is 22.5 Å². The fourth-order valence-electron chi connectivity index (χ4n) is 2.75. The van der Waals surface area contributed by atoms with Crippen LogP contribution in [-0.2, 0) is 23.1 Å². The van der Waals surface area contributed by atoms with Gasteiger partial charge in [0, 0.05) is 13.1 Å². The van der Waals surface area contributed by atoms with Crippen LogP contribution in [0.5, 0.6) is 0 Å². The van der Waals surface area contributed by atoms with Crippen molar-refractivity contribution in [3.63, 3.8) is 0 Å². The quantitative estimate of drug-likeness (QED) is 0.603. The van der Waals surface area contributed by atoms with Crippen LogP contribution >= 0.6 is 0 Å². The fraction of sp³-hybridized carbons (Fsp3) is 0.438. The van der Waals surface area contributed by atoms with Gasteiger partial charge in [-0.05, 0) is 20.8 Å². The Hall–Kier alpha value is -3.17. The number of imidazole rings is 1. The summed E-state index contributed by atoms with van der Waals surface area (Å²) in [4.78, 5) is 41.7. The van der Waals surface area contributed by atoms with Crippen LogP contribution in [0.15, 0.2) is 26.5 Å². The molecule has 0 amide bonds. The Morgan fingerprint density at radius 1 is 1.38 bits per heavy atom. The summed E-state index contributed by atoms with van der Waals surface area (Å²) in [7, 11) is 1.51. The average Bonchev–Trinajstić information content (AvgIpc) is 3.22. The summed E-state index contributed by atoms with van der Waals surface area (Å²) in [6.45, 7) is 5.21. The van der Waals surface area contributed by atoms with Crippen LogP contribution in [0.25, 0.3) is 11.2 Å². The molecule has 3 aromatic heterocycles. The number of nitrogens with zero attached hydrogens (tertiary/aromatic N) is 5. The van der Waals surface area contributed by atoms with E-state index in [0.717, 1.165) is 4.57 Å². The molecule has 0 aliphatic heterocycles. The number of hydrogen-bond acceptors (Lipinski definition) is 7. The van der Waals surface area contributed by atoms with Crippen LogP contribution in [-0.4, -0.2) is 36.4 Å². The molecule has 3 heterocycles. The smallest absolute Gasteiger partial charge is 0.332 e. The number of rotatable bonds is 5. The highest BCUT2D eigenvalue weighted by Crippen LogP contribution is 2.15. The van der Waals surface area contributed by atoms with Gasteiger partial charge in [-0.1, -0.05) is 5.16 Å². The van der Waals surface area contributed by atoms with Crippen LogP contribution in [0.3, 0.4) is 0 Å². The van der Waals surface area contributed by atoms with Gasteiger partial charge in [0.15, 0.2) is 11.2 Å². The third-order valence-electron chi connectivity index (χ3n) is 4.10. The molecule has 26 heavy (non-hydrogen) atoms. The van der Waals surface area contributed by atoms with Crippen molar-refractivity contribution in [2.24, 2.45) is 7.05 Å². The molecule has 0 saturated heterocycles. The first-order valence-corrected chi connectivity index (χ1v) is 8.10. The summed E-state index contributed by atoms with van der Waals surface area (Å²) < 4.78 is 13.7. The zero-order chi connectivity index (χ0) is 19.0. The number of esters is 1. The third-order valence-corrected chi connectivity index (χ3v) is 4.10. The van der Waals surface area contributed by atoms with E-state index in [9.17, 15) is 14.4 Å². The Kier molecular flexibility index (Phi) is 4.49. The Morgan fingerprint density at radius 3 is 2.73 bits per heavy atom. The molecule has 138 valence electrons. The average molecular weight is 361 g/mol. The summed E-state index contributed by atoms with van der Waals surface area (Å²) in [5.41, 5.74) is -0.295. The topological polar surface area (TPSA) is 114 Å². The predicted molar refractivity (Wildman–Crippen MR) is 90.9 cm³/mol. The molecule has 0 aliphatic rings. The molecule has 0 saturated carbocycles. The van der Waals surface area contributed by atoms with Gasteiger partial charge in [0.1, 0.15) is 17.5 Å². The zero-order valence-electron chi connectivity index (χ0n) is 14.9. The first-order valence-electron chi connectivity index (χ1n) is 8.10. The predicted octanol–water partition coefficient (Wildman–Crippen LogP) is 0.366. The summed E-state index contributed by atoms with van der Waals surface area (Å²) in [5.74, 6) is 0.0886. The number of carbonyl (C=O) groups excluding carboxylic acids is 1. The first kappa shape index (κ1) is 17.6. The van der Waals surface area contributed by atoms with E-state index in [-0.39, 0.29) is 24.3 Å². The van der Waals surface area contributed by atoms with Gasteiger partial charge in [0.05, 0.1) is 19.5 Å². The molecule has 0 fully saturated rings. The Bertz CT molecular complexity index is 1090. The highest BCUT2D eigenvalue weighted by molar-refractivity contribution is 5.78. The number of aromatic nitrogens is 5. The van der Waals surface area contributed by atoms with Gasteiger partial charge in [-0.3, -0.25) is 13.9 Å². The Balaban J connectivity index is 2.18. The maximum atomic E-state index is 13.0. The van der Waals surface area contributed by atoms with Crippen molar-refractivity contribution in [1.82, 2.24) is 23.8 Å². The van der Waals surface area contributed by atoms with Crippen LogP contribution in [0, 0.1) is 6.92 Å². The second kappa shape index (κ2) is 6.62. The van der Waals surface area contributed by atoms with Gasteiger partial charge < -0.3 is 13.8 Å². The van der Waals surface area contributed by atoms with Crippen molar-refractivity contribution in [2.45, 2.75) is 33.4 Å². The summed E-state index contributed by atoms with van der Waals surface area (Å²) in [5, 5.41) is 3.82. The summed E-state index contributed by atoms with van der Waals surface area (Å²) in [6, 6.07) is 0.891. The number of fused-ring (bicyclic) bond motifs is 1. The van der Waals surface area contributed by atoms with Crippen molar-refractivity contribution in [2.75, 3.05) is 6.61 Å². The van der Waals surface area contributed by atoms with E-state index in [1.54, 1.807) is 26.8 Å². The molecule has 10 heteroatoms. The van der Waals surface area contributed by atoms with Crippen LogP contribution in [0.2, 0.25) is 0 Å². The lowest BCUT2D eigenvalue weighted by Crippen LogP contribution is -2.40.